The molecule has 0 spiro atoms. The molecule has 0 aliphatic carbocycles. The van der Waals surface area contributed by atoms with Crippen LogP contribution in [-0.4, -0.2) is 14.8 Å². The molecular weight excluding hydrogens is 302 g/mol. The number of benzene rings is 1. The van der Waals surface area contributed by atoms with E-state index >= 15 is 0 Å². The normalized spacial score (nSPS) is 10.8. The van der Waals surface area contributed by atoms with Crippen molar-refractivity contribution < 1.29 is 0 Å². The van der Waals surface area contributed by atoms with E-state index in [2.05, 4.69) is 37.6 Å². The summed E-state index contributed by atoms with van der Waals surface area (Å²) in [6, 6.07) is 5.82. The Morgan fingerprint density at radius 1 is 1.35 bits per heavy atom. The second-order valence-electron chi connectivity index (χ2n) is 3.78. The number of alkyl halides is 1. The van der Waals surface area contributed by atoms with Crippen LogP contribution in [0.15, 0.2) is 18.2 Å². The fraction of sp³-hybridized carbons (Fsp3) is 0.333. The summed E-state index contributed by atoms with van der Waals surface area (Å²) in [4.78, 5) is 0. The largest absolute Gasteiger partial charge is 0.311 e. The Kier molecular flexibility index (Phi) is 3.84. The minimum Gasteiger partial charge on any atom is -0.311 e. The van der Waals surface area contributed by atoms with Gasteiger partial charge in [0.25, 0.3) is 0 Å². The highest BCUT2D eigenvalue weighted by Crippen LogP contribution is 2.25. The van der Waals surface area contributed by atoms with Gasteiger partial charge in [-0.05, 0) is 37.6 Å². The fourth-order valence-electron chi connectivity index (χ4n) is 1.84. The van der Waals surface area contributed by atoms with Gasteiger partial charge in [0.2, 0.25) is 0 Å². The Balaban J connectivity index is 2.56. The average Bonchev–Trinajstić information content (AvgIpc) is 2.71. The molecule has 17 heavy (non-hydrogen) atoms. The molecule has 0 aliphatic rings. The van der Waals surface area contributed by atoms with Crippen LogP contribution in [0.4, 0.5) is 0 Å². The molecule has 3 nitrogen and oxygen atoms in total. The summed E-state index contributed by atoms with van der Waals surface area (Å²) in [5.41, 5.74) is 2.19. The Labute approximate surface area is 114 Å². The second kappa shape index (κ2) is 5.19. The average molecular weight is 315 g/mol. The van der Waals surface area contributed by atoms with Crippen molar-refractivity contribution >= 4 is 27.5 Å². The van der Waals surface area contributed by atoms with E-state index in [-0.39, 0.29) is 0 Å². The molecule has 1 aromatic carbocycles. The topological polar surface area (TPSA) is 30.7 Å². The Morgan fingerprint density at radius 2 is 2.12 bits per heavy atom. The van der Waals surface area contributed by atoms with Crippen molar-refractivity contribution in [2.45, 2.75) is 25.7 Å². The lowest BCUT2D eigenvalue weighted by atomic mass is 10.1. The number of aromatic nitrogens is 3. The van der Waals surface area contributed by atoms with E-state index in [0.717, 1.165) is 34.3 Å². The Hall–Kier alpha value is -0.870. The van der Waals surface area contributed by atoms with Gasteiger partial charge in [-0.1, -0.05) is 27.5 Å². The molecule has 0 radical (unpaired) electrons. The zero-order valence-corrected chi connectivity index (χ0v) is 12.1. The van der Waals surface area contributed by atoms with E-state index in [1.807, 2.05) is 25.1 Å². The van der Waals surface area contributed by atoms with Crippen LogP contribution < -0.4 is 0 Å². The second-order valence-corrected chi connectivity index (χ2v) is 4.77. The Bertz CT molecular complexity index is 537. The number of hydrogen-bond acceptors (Lipinski definition) is 2. The quantitative estimate of drug-likeness (QED) is 0.806. The number of nitrogens with zero attached hydrogens (tertiary/aromatic N) is 3. The predicted octanol–water partition coefficient (Wildman–Crippen LogP) is 3.82. The minimum absolute atomic E-state index is 0.709. The number of halogens is 2. The first-order valence-corrected chi connectivity index (χ1v) is 6.92. The molecule has 0 bridgehead atoms. The molecule has 2 rings (SSSR count). The van der Waals surface area contributed by atoms with Crippen LogP contribution in [0.1, 0.15) is 18.3 Å². The van der Waals surface area contributed by atoms with Crippen LogP contribution in [0.3, 0.4) is 0 Å². The summed E-state index contributed by atoms with van der Waals surface area (Å²) >= 11 is 9.38. The third-order valence-corrected chi connectivity index (χ3v) is 3.43. The van der Waals surface area contributed by atoms with E-state index in [9.17, 15) is 0 Å². The monoisotopic (exact) mass is 313 g/mol. The van der Waals surface area contributed by atoms with Crippen LogP contribution in [0.2, 0.25) is 5.02 Å². The smallest absolute Gasteiger partial charge is 0.164 e. The van der Waals surface area contributed by atoms with Gasteiger partial charge in [-0.3, -0.25) is 0 Å². The van der Waals surface area contributed by atoms with Gasteiger partial charge in [0.05, 0.1) is 5.33 Å². The summed E-state index contributed by atoms with van der Waals surface area (Å²) in [5, 5.41) is 9.89. The molecule has 0 unspecified atom stereocenters. The predicted molar refractivity (Wildman–Crippen MR) is 73.5 cm³/mol. The van der Waals surface area contributed by atoms with Gasteiger partial charge in [0.15, 0.2) is 5.82 Å². The van der Waals surface area contributed by atoms with Crippen molar-refractivity contribution in [3.8, 4) is 11.4 Å². The lowest BCUT2D eigenvalue weighted by Gasteiger charge is -2.08. The van der Waals surface area contributed by atoms with Crippen LogP contribution in [0, 0.1) is 6.92 Å². The molecule has 5 heteroatoms. The van der Waals surface area contributed by atoms with Crippen LogP contribution >= 0.6 is 27.5 Å². The zero-order valence-electron chi connectivity index (χ0n) is 9.74. The molecular formula is C12H13BrClN3. The van der Waals surface area contributed by atoms with Gasteiger partial charge in [0, 0.05) is 17.1 Å². The number of hydrogen-bond donors (Lipinski definition) is 0. The van der Waals surface area contributed by atoms with Crippen molar-refractivity contribution in [3.05, 3.63) is 34.6 Å². The maximum atomic E-state index is 5.96. The summed E-state index contributed by atoms with van der Waals surface area (Å²) in [6.07, 6.45) is 0. The van der Waals surface area contributed by atoms with Gasteiger partial charge in [-0.25, -0.2) is 0 Å². The zero-order chi connectivity index (χ0) is 12.4. The van der Waals surface area contributed by atoms with Crippen LogP contribution in [-0.2, 0) is 11.9 Å². The van der Waals surface area contributed by atoms with Gasteiger partial charge in [0.1, 0.15) is 5.82 Å². The standard InChI is InChI=1S/C12H13BrClN3/c1-3-17-11(7-13)15-16-12(17)10-5-4-9(14)6-8(10)2/h4-6H,3,7H2,1-2H3. The molecule has 0 N–H and O–H groups in total. The molecule has 1 aromatic heterocycles. The molecule has 0 amide bonds. The first kappa shape index (κ1) is 12.6. The van der Waals surface area contributed by atoms with Crippen LogP contribution in [0.25, 0.3) is 11.4 Å². The highest BCUT2D eigenvalue weighted by atomic mass is 79.9. The molecule has 0 saturated carbocycles. The highest BCUT2D eigenvalue weighted by molar-refractivity contribution is 9.08. The molecule has 90 valence electrons. The van der Waals surface area contributed by atoms with E-state index in [1.54, 1.807) is 0 Å². The van der Waals surface area contributed by atoms with Gasteiger partial charge in [-0.15, -0.1) is 10.2 Å². The maximum Gasteiger partial charge on any atom is 0.164 e. The third-order valence-electron chi connectivity index (χ3n) is 2.69. The molecule has 0 fully saturated rings. The first-order chi connectivity index (χ1) is 8.17. The molecule has 1 heterocycles. The number of rotatable bonds is 3. The molecule has 2 aromatic rings. The van der Waals surface area contributed by atoms with Crippen molar-refractivity contribution in [2.24, 2.45) is 0 Å². The fourth-order valence-corrected chi connectivity index (χ4v) is 2.49. The minimum atomic E-state index is 0.709. The third kappa shape index (κ3) is 2.38. The van der Waals surface area contributed by atoms with Crippen molar-refractivity contribution in [1.29, 1.82) is 0 Å². The number of aryl methyl sites for hydroxylation is 1. The van der Waals surface area contributed by atoms with Crippen LogP contribution in [0.5, 0.6) is 0 Å². The van der Waals surface area contributed by atoms with E-state index in [4.69, 9.17) is 11.6 Å². The van der Waals surface area contributed by atoms with E-state index in [0.29, 0.717) is 5.33 Å². The summed E-state index contributed by atoms with van der Waals surface area (Å²) < 4.78 is 2.10. The summed E-state index contributed by atoms with van der Waals surface area (Å²) in [6.45, 7) is 4.97. The van der Waals surface area contributed by atoms with E-state index < -0.39 is 0 Å². The highest BCUT2D eigenvalue weighted by Gasteiger charge is 2.13. The molecule has 0 aliphatic heterocycles. The van der Waals surface area contributed by atoms with Crippen molar-refractivity contribution in [2.75, 3.05) is 0 Å². The van der Waals surface area contributed by atoms with Gasteiger partial charge in [-0.2, -0.15) is 0 Å². The lowest BCUT2D eigenvalue weighted by molar-refractivity contribution is 0.733. The van der Waals surface area contributed by atoms with Crippen molar-refractivity contribution in [3.63, 3.8) is 0 Å². The first-order valence-electron chi connectivity index (χ1n) is 5.42. The SMILES string of the molecule is CCn1c(CBr)nnc1-c1ccc(Cl)cc1C. The molecule has 0 atom stereocenters. The Morgan fingerprint density at radius 3 is 2.71 bits per heavy atom. The van der Waals surface area contributed by atoms with Gasteiger partial charge >= 0.3 is 0 Å². The van der Waals surface area contributed by atoms with Gasteiger partial charge < -0.3 is 4.57 Å². The summed E-state index contributed by atoms with van der Waals surface area (Å²) in [5.74, 6) is 1.84. The summed E-state index contributed by atoms with van der Waals surface area (Å²) in [7, 11) is 0. The molecule has 0 saturated heterocycles. The van der Waals surface area contributed by atoms with E-state index in [1.165, 1.54) is 0 Å². The van der Waals surface area contributed by atoms with Crippen molar-refractivity contribution in [1.82, 2.24) is 14.8 Å². The maximum absolute atomic E-state index is 5.96. The lowest BCUT2D eigenvalue weighted by Crippen LogP contribution is -2.02.